The zero-order valence-electron chi connectivity index (χ0n) is 10.9. The fraction of sp³-hybridized carbons (Fsp3) is 0.154. The van der Waals surface area contributed by atoms with Crippen molar-refractivity contribution >= 4 is 29.3 Å². The Bertz CT molecular complexity index is 626. The number of halogens is 2. The molecule has 2 amide bonds. The van der Waals surface area contributed by atoms with E-state index in [1.807, 2.05) is 5.32 Å². The third-order valence-corrected chi connectivity index (χ3v) is 2.39. The summed E-state index contributed by atoms with van der Waals surface area (Å²) in [6, 6.07) is 5.43. The number of nitriles is 1. The molecule has 0 spiro atoms. The average molecular weight is 312 g/mol. The lowest BCUT2D eigenvalue weighted by atomic mass is 10.2. The van der Waals surface area contributed by atoms with Gasteiger partial charge in [0.15, 0.2) is 0 Å². The molecule has 1 rings (SSSR count). The van der Waals surface area contributed by atoms with Crippen LogP contribution in [0.5, 0.6) is 0 Å². The molecule has 1 aromatic carbocycles. The number of rotatable bonds is 4. The molecule has 0 aliphatic rings. The number of ether oxygens (including phenoxy) is 1. The number of benzene rings is 1. The molecular formula is C13H11ClFN3O3. The van der Waals surface area contributed by atoms with Gasteiger partial charge in [-0.2, -0.15) is 5.26 Å². The van der Waals surface area contributed by atoms with Gasteiger partial charge < -0.3 is 10.1 Å². The number of carbonyl (C=O) groups is 2. The maximum Gasteiger partial charge on any atom is 0.414 e. The van der Waals surface area contributed by atoms with Gasteiger partial charge in [0.25, 0.3) is 5.91 Å². The molecule has 0 bridgehead atoms. The van der Waals surface area contributed by atoms with Gasteiger partial charge in [0.1, 0.15) is 17.5 Å². The lowest BCUT2D eigenvalue weighted by Gasteiger charge is -2.05. The Morgan fingerprint density at radius 2 is 2.24 bits per heavy atom. The Hall–Kier alpha value is -2.59. The lowest BCUT2D eigenvalue weighted by molar-refractivity contribution is -0.116. The first-order valence-electron chi connectivity index (χ1n) is 5.78. The third kappa shape index (κ3) is 5.12. The summed E-state index contributed by atoms with van der Waals surface area (Å²) in [4.78, 5) is 22.6. The molecule has 8 heteroatoms. The number of imide groups is 1. The SMILES string of the molecule is CCOC(=O)NC(=O)/C(C#N)=C\Nc1ccc(Cl)cc1F. The molecule has 0 saturated carbocycles. The third-order valence-electron chi connectivity index (χ3n) is 2.16. The molecule has 0 radical (unpaired) electrons. The topological polar surface area (TPSA) is 91.2 Å². The number of carbonyl (C=O) groups excluding carboxylic acids is 2. The molecule has 0 fully saturated rings. The first-order valence-corrected chi connectivity index (χ1v) is 6.15. The van der Waals surface area contributed by atoms with Crippen LogP contribution in [0.3, 0.4) is 0 Å². The van der Waals surface area contributed by atoms with E-state index < -0.39 is 23.4 Å². The zero-order valence-corrected chi connectivity index (χ0v) is 11.7. The van der Waals surface area contributed by atoms with E-state index in [0.29, 0.717) is 0 Å². The van der Waals surface area contributed by atoms with Gasteiger partial charge >= 0.3 is 6.09 Å². The van der Waals surface area contributed by atoms with Crippen LogP contribution >= 0.6 is 11.6 Å². The molecule has 0 saturated heterocycles. The van der Waals surface area contributed by atoms with Gasteiger partial charge in [0, 0.05) is 11.2 Å². The second-order valence-corrected chi connectivity index (χ2v) is 4.05. The van der Waals surface area contributed by atoms with E-state index in [-0.39, 0.29) is 17.3 Å². The van der Waals surface area contributed by atoms with Crippen molar-refractivity contribution in [2.75, 3.05) is 11.9 Å². The maximum atomic E-state index is 13.5. The number of amides is 2. The van der Waals surface area contributed by atoms with Crippen molar-refractivity contribution in [1.82, 2.24) is 5.32 Å². The van der Waals surface area contributed by atoms with Gasteiger partial charge in [-0.3, -0.25) is 10.1 Å². The molecule has 0 heterocycles. The van der Waals surface area contributed by atoms with Crippen LogP contribution in [-0.4, -0.2) is 18.6 Å². The van der Waals surface area contributed by atoms with Crippen LogP contribution in [0.4, 0.5) is 14.9 Å². The molecule has 6 nitrogen and oxygen atoms in total. The minimum atomic E-state index is -0.971. The summed E-state index contributed by atoms with van der Waals surface area (Å²) in [6.07, 6.45) is 0.00210. The van der Waals surface area contributed by atoms with Crippen LogP contribution in [0.2, 0.25) is 5.02 Å². The Morgan fingerprint density at radius 3 is 2.81 bits per heavy atom. The van der Waals surface area contributed by atoms with Crippen molar-refractivity contribution < 1.29 is 18.7 Å². The van der Waals surface area contributed by atoms with Crippen LogP contribution < -0.4 is 10.6 Å². The van der Waals surface area contributed by atoms with Crippen LogP contribution in [0, 0.1) is 17.1 Å². The summed E-state index contributed by atoms with van der Waals surface area (Å²) >= 11 is 5.59. The molecule has 0 aromatic heterocycles. The summed E-state index contributed by atoms with van der Waals surface area (Å²) in [6.45, 7) is 1.65. The normalized spacial score (nSPS) is 10.5. The fourth-order valence-electron chi connectivity index (χ4n) is 1.23. The first-order chi connectivity index (χ1) is 9.97. The van der Waals surface area contributed by atoms with Crippen LogP contribution in [0.25, 0.3) is 0 Å². The second kappa shape index (κ2) is 7.87. The highest BCUT2D eigenvalue weighted by Gasteiger charge is 2.13. The van der Waals surface area contributed by atoms with E-state index in [1.54, 1.807) is 13.0 Å². The highest BCUT2D eigenvalue weighted by molar-refractivity contribution is 6.30. The van der Waals surface area contributed by atoms with Gasteiger partial charge in [-0.15, -0.1) is 0 Å². The number of nitrogens with zero attached hydrogens (tertiary/aromatic N) is 1. The molecule has 0 aliphatic heterocycles. The molecule has 21 heavy (non-hydrogen) atoms. The Kier molecular flexibility index (Phi) is 6.17. The van der Waals surface area contributed by atoms with Gasteiger partial charge in [-0.25, -0.2) is 9.18 Å². The van der Waals surface area contributed by atoms with E-state index in [9.17, 15) is 14.0 Å². The van der Waals surface area contributed by atoms with E-state index in [0.717, 1.165) is 12.3 Å². The smallest absolute Gasteiger partial charge is 0.414 e. The molecule has 110 valence electrons. The Labute approximate surface area is 125 Å². The number of nitrogens with one attached hydrogen (secondary N) is 2. The number of anilines is 1. The summed E-state index contributed by atoms with van der Waals surface area (Å²) < 4.78 is 18.0. The van der Waals surface area contributed by atoms with Gasteiger partial charge in [-0.05, 0) is 25.1 Å². The first kappa shape index (κ1) is 16.5. The highest BCUT2D eigenvalue weighted by Crippen LogP contribution is 2.18. The molecular weight excluding hydrogens is 301 g/mol. The van der Waals surface area contributed by atoms with Crippen molar-refractivity contribution in [1.29, 1.82) is 5.26 Å². The highest BCUT2D eigenvalue weighted by atomic mass is 35.5. The quantitative estimate of drug-likeness (QED) is 0.658. The van der Waals surface area contributed by atoms with Crippen molar-refractivity contribution in [3.8, 4) is 6.07 Å². The van der Waals surface area contributed by atoms with Crippen molar-refractivity contribution in [2.24, 2.45) is 0 Å². The van der Waals surface area contributed by atoms with E-state index in [4.69, 9.17) is 16.9 Å². The summed E-state index contributed by atoms with van der Waals surface area (Å²) in [5.41, 5.74) is -0.395. The van der Waals surface area contributed by atoms with Crippen LogP contribution in [-0.2, 0) is 9.53 Å². The largest absolute Gasteiger partial charge is 0.450 e. The molecule has 0 unspecified atom stereocenters. The van der Waals surface area contributed by atoms with E-state index in [1.165, 1.54) is 12.1 Å². The van der Waals surface area contributed by atoms with Gasteiger partial charge in [0.2, 0.25) is 0 Å². The summed E-state index contributed by atoms with van der Waals surface area (Å²) in [5.74, 6) is -1.61. The van der Waals surface area contributed by atoms with E-state index >= 15 is 0 Å². The minimum Gasteiger partial charge on any atom is -0.450 e. The van der Waals surface area contributed by atoms with Crippen molar-refractivity contribution in [2.45, 2.75) is 6.92 Å². The standard InChI is InChI=1S/C13H11ClFN3O3/c1-2-21-13(20)18-12(19)8(6-16)7-17-11-4-3-9(14)5-10(11)15/h3-5,7,17H,2H2,1H3,(H,18,19,20)/b8-7-. The lowest BCUT2D eigenvalue weighted by Crippen LogP contribution is -2.32. The van der Waals surface area contributed by atoms with Gasteiger partial charge in [0.05, 0.1) is 12.3 Å². The van der Waals surface area contributed by atoms with E-state index in [2.05, 4.69) is 10.1 Å². The van der Waals surface area contributed by atoms with Gasteiger partial charge in [-0.1, -0.05) is 11.6 Å². The van der Waals surface area contributed by atoms with Crippen LogP contribution in [0.1, 0.15) is 6.92 Å². The molecule has 1 aromatic rings. The Balaban J connectivity index is 2.78. The molecule has 0 atom stereocenters. The van der Waals surface area contributed by atoms with Crippen LogP contribution in [0.15, 0.2) is 30.0 Å². The predicted octanol–water partition coefficient (Wildman–Crippen LogP) is 2.57. The number of alkyl carbamates (subject to hydrolysis) is 1. The minimum absolute atomic E-state index is 0.0242. The molecule has 2 N–H and O–H groups in total. The number of hydrogen-bond donors (Lipinski definition) is 2. The molecule has 0 aliphatic carbocycles. The second-order valence-electron chi connectivity index (χ2n) is 3.61. The predicted molar refractivity (Wildman–Crippen MR) is 73.9 cm³/mol. The monoisotopic (exact) mass is 311 g/mol. The average Bonchev–Trinajstić information content (AvgIpc) is 2.41. The Morgan fingerprint density at radius 1 is 1.52 bits per heavy atom. The maximum absolute atomic E-state index is 13.5. The zero-order chi connectivity index (χ0) is 15.8. The summed E-state index contributed by atoms with van der Waals surface area (Å²) in [7, 11) is 0. The number of hydrogen-bond acceptors (Lipinski definition) is 5. The summed E-state index contributed by atoms with van der Waals surface area (Å²) in [5, 5.41) is 13.3. The van der Waals surface area contributed by atoms with Crippen molar-refractivity contribution in [3.63, 3.8) is 0 Å². The fourth-order valence-corrected chi connectivity index (χ4v) is 1.39. The van der Waals surface area contributed by atoms with Crippen molar-refractivity contribution in [3.05, 3.63) is 40.8 Å².